The zero-order chi connectivity index (χ0) is 18.5. The first kappa shape index (κ1) is 17.5. The van der Waals surface area contributed by atoms with Crippen LogP contribution in [0.25, 0.3) is 0 Å². The van der Waals surface area contributed by atoms with Crippen LogP contribution in [0.5, 0.6) is 5.75 Å². The first-order valence-corrected chi connectivity index (χ1v) is 8.18. The molecule has 0 radical (unpaired) electrons. The Balaban J connectivity index is 1.81. The smallest absolute Gasteiger partial charge is 0.229 e. The van der Waals surface area contributed by atoms with E-state index in [-0.39, 0.29) is 0 Å². The van der Waals surface area contributed by atoms with E-state index >= 15 is 0 Å². The number of halogens is 1. The summed E-state index contributed by atoms with van der Waals surface area (Å²) in [5, 5.41) is 15.8. The molecule has 0 saturated carbocycles. The Morgan fingerprint density at radius 2 is 1.88 bits per heavy atom. The zero-order valence-corrected chi connectivity index (χ0v) is 15.0. The molecular formula is C19H16ClN5O. The van der Waals surface area contributed by atoms with Crippen LogP contribution in [0.4, 0.5) is 23.1 Å². The Hall–Kier alpha value is -3.30. The maximum atomic E-state index is 8.86. The molecule has 0 fully saturated rings. The molecule has 1 aromatic heterocycles. The molecule has 0 aliphatic heterocycles. The first-order chi connectivity index (χ1) is 12.6. The molecule has 6 nitrogen and oxygen atoms in total. The second-order valence-corrected chi connectivity index (χ2v) is 5.91. The van der Waals surface area contributed by atoms with Crippen molar-refractivity contribution in [2.45, 2.75) is 6.92 Å². The molecule has 0 atom stereocenters. The minimum Gasteiger partial charge on any atom is -0.495 e. The summed E-state index contributed by atoms with van der Waals surface area (Å²) in [5.74, 6) is 1.65. The van der Waals surface area contributed by atoms with Gasteiger partial charge in [-0.2, -0.15) is 10.2 Å². The summed E-state index contributed by atoms with van der Waals surface area (Å²) in [4.78, 5) is 8.68. The summed E-state index contributed by atoms with van der Waals surface area (Å²) < 4.78 is 5.36. The molecule has 26 heavy (non-hydrogen) atoms. The van der Waals surface area contributed by atoms with Crippen LogP contribution in [0.15, 0.2) is 48.7 Å². The van der Waals surface area contributed by atoms with E-state index in [0.29, 0.717) is 28.1 Å². The van der Waals surface area contributed by atoms with Crippen molar-refractivity contribution in [2.24, 2.45) is 0 Å². The van der Waals surface area contributed by atoms with E-state index in [1.54, 1.807) is 37.6 Å². The highest BCUT2D eigenvalue weighted by Crippen LogP contribution is 2.32. The van der Waals surface area contributed by atoms with Crippen molar-refractivity contribution in [2.75, 3.05) is 17.7 Å². The summed E-state index contributed by atoms with van der Waals surface area (Å²) in [6.07, 6.45) is 1.65. The second-order valence-electron chi connectivity index (χ2n) is 5.51. The van der Waals surface area contributed by atoms with Gasteiger partial charge in [0.25, 0.3) is 0 Å². The lowest BCUT2D eigenvalue weighted by Gasteiger charge is -2.13. The van der Waals surface area contributed by atoms with Crippen LogP contribution in [0.1, 0.15) is 11.1 Å². The third kappa shape index (κ3) is 4.02. The number of methoxy groups -OCH3 is 1. The molecule has 0 saturated heterocycles. The Morgan fingerprint density at radius 3 is 2.58 bits per heavy atom. The maximum Gasteiger partial charge on any atom is 0.229 e. The van der Waals surface area contributed by atoms with Gasteiger partial charge >= 0.3 is 0 Å². The summed E-state index contributed by atoms with van der Waals surface area (Å²) in [6.45, 7) is 1.91. The fraction of sp³-hybridized carbons (Fsp3) is 0.105. The normalized spacial score (nSPS) is 10.1. The molecular weight excluding hydrogens is 350 g/mol. The van der Waals surface area contributed by atoms with E-state index < -0.39 is 0 Å². The molecule has 1 heterocycles. The van der Waals surface area contributed by atoms with E-state index in [4.69, 9.17) is 21.6 Å². The number of benzene rings is 2. The zero-order valence-electron chi connectivity index (χ0n) is 14.2. The summed E-state index contributed by atoms with van der Waals surface area (Å²) in [6, 6.07) is 14.6. The van der Waals surface area contributed by atoms with E-state index in [0.717, 1.165) is 16.9 Å². The van der Waals surface area contributed by atoms with Crippen LogP contribution in [0.3, 0.4) is 0 Å². The molecule has 7 heteroatoms. The third-order valence-corrected chi connectivity index (χ3v) is 4.08. The van der Waals surface area contributed by atoms with Crippen molar-refractivity contribution in [3.63, 3.8) is 0 Å². The SMILES string of the molecule is COc1cc(Cl)c(C)cc1Nc1nccc(Nc2ccc(C#N)cc2)n1. The molecule has 2 N–H and O–H groups in total. The number of nitrogens with zero attached hydrogens (tertiary/aromatic N) is 3. The highest BCUT2D eigenvalue weighted by molar-refractivity contribution is 6.31. The van der Waals surface area contributed by atoms with E-state index in [9.17, 15) is 0 Å². The number of hydrogen-bond acceptors (Lipinski definition) is 6. The Labute approximate surface area is 156 Å². The number of anilines is 4. The number of aromatic nitrogens is 2. The molecule has 130 valence electrons. The van der Waals surface area contributed by atoms with Crippen molar-refractivity contribution in [3.8, 4) is 11.8 Å². The van der Waals surface area contributed by atoms with Gasteiger partial charge in [-0.3, -0.25) is 0 Å². The molecule has 3 aromatic rings. The molecule has 0 amide bonds. The lowest BCUT2D eigenvalue weighted by atomic mass is 10.2. The molecule has 0 spiro atoms. The van der Waals surface area contributed by atoms with Crippen LogP contribution in [0, 0.1) is 18.3 Å². The number of hydrogen-bond donors (Lipinski definition) is 2. The van der Waals surface area contributed by atoms with Gasteiger partial charge in [0.2, 0.25) is 5.95 Å². The number of rotatable bonds is 5. The van der Waals surface area contributed by atoms with Crippen LogP contribution in [-0.4, -0.2) is 17.1 Å². The van der Waals surface area contributed by atoms with E-state index in [2.05, 4.69) is 26.7 Å². The van der Waals surface area contributed by atoms with E-state index in [1.165, 1.54) is 0 Å². The van der Waals surface area contributed by atoms with Crippen LogP contribution in [0.2, 0.25) is 5.02 Å². The Morgan fingerprint density at radius 1 is 1.12 bits per heavy atom. The number of nitrogens with one attached hydrogen (secondary N) is 2. The number of nitriles is 1. The highest BCUT2D eigenvalue weighted by Gasteiger charge is 2.09. The standard InChI is InChI=1S/C19H16ClN5O/c1-12-9-16(17(26-2)10-15(12)20)24-19-22-8-7-18(25-19)23-14-5-3-13(11-21)4-6-14/h3-10H,1-2H3,(H2,22,23,24,25). The van der Waals surface area contributed by atoms with Crippen LogP contribution < -0.4 is 15.4 Å². The van der Waals surface area contributed by atoms with Gasteiger partial charge < -0.3 is 15.4 Å². The fourth-order valence-electron chi connectivity index (χ4n) is 2.31. The van der Waals surface area contributed by atoms with Gasteiger partial charge in [0.1, 0.15) is 11.6 Å². The van der Waals surface area contributed by atoms with E-state index in [1.807, 2.05) is 25.1 Å². The van der Waals surface area contributed by atoms with Gasteiger partial charge in [-0.25, -0.2) is 4.98 Å². The molecule has 0 unspecified atom stereocenters. The lowest BCUT2D eigenvalue weighted by Crippen LogP contribution is -2.02. The van der Waals surface area contributed by atoms with Gasteiger partial charge in [0.05, 0.1) is 24.4 Å². The average molecular weight is 366 g/mol. The third-order valence-electron chi connectivity index (χ3n) is 3.67. The van der Waals surface area contributed by atoms with Crippen molar-refractivity contribution in [3.05, 3.63) is 64.8 Å². The van der Waals surface area contributed by atoms with Gasteiger partial charge in [0.15, 0.2) is 0 Å². The monoisotopic (exact) mass is 365 g/mol. The van der Waals surface area contributed by atoms with Gasteiger partial charge in [-0.15, -0.1) is 0 Å². The predicted molar refractivity (Wildman–Crippen MR) is 102 cm³/mol. The largest absolute Gasteiger partial charge is 0.495 e. The average Bonchev–Trinajstić information content (AvgIpc) is 2.65. The molecule has 0 aliphatic carbocycles. The minimum absolute atomic E-state index is 0.420. The van der Waals surface area contributed by atoms with Gasteiger partial charge in [-0.1, -0.05) is 11.6 Å². The quantitative estimate of drug-likeness (QED) is 0.675. The van der Waals surface area contributed by atoms with Gasteiger partial charge in [-0.05, 0) is 48.9 Å². The molecule has 0 bridgehead atoms. The Bertz CT molecular complexity index is 967. The first-order valence-electron chi connectivity index (χ1n) is 7.80. The second kappa shape index (κ2) is 7.72. The predicted octanol–water partition coefficient (Wildman–Crippen LogP) is 4.81. The van der Waals surface area contributed by atoms with Crippen molar-refractivity contribution in [1.82, 2.24) is 9.97 Å². The van der Waals surface area contributed by atoms with Crippen LogP contribution >= 0.6 is 11.6 Å². The van der Waals surface area contributed by atoms with Crippen molar-refractivity contribution >= 4 is 34.7 Å². The highest BCUT2D eigenvalue weighted by atomic mass is 35.5. The Kier molecular flexibility index (Phi) is 5.20. The van der Waals surface area contributed by atoms with Crippen molar-refractivity contribution < 1.29 is 4.74 Å². The summed E-state index contributed by atoms with van der Waals surface area (Å²) >= 11 is 6.14. The maximum absolute atomic E-state index is 8.86. The number of ether oxygens (including phenoxy) is 1. The summed E-state index contributed by atoms with van der Waals surface area (Å²) in [5.41, 5.74) is 3.08. The molecule has 0 aliphatic rings. The van der Waals surface area contributed by atoms with Crippen LogP contribution in [-0.2, 0) is 0 Å². The fourth-order valence-corrected chi connectivity index (χ4v) is 2.47. The molecule has 3 rings (SSSR count). The lowest BCUT2D eigenvalue weighted by molar-refractivity contribution is 0.416. The topological polar surface area (TPSA) is 82.9 Å². The van der Waals surface area contributed by atoms with Gasteiger partial charge in [0, 0.05) is 23.0 Å². The van der Waals surface area contributed by atoms with Crippen molar-refractivity contribution in [1.29, 1.82) is 5.26 Å². The molecule has 2 aromatic carbocycles. The minimum atomic E-state index is 0.420. The number of aryl methyl sites for hydroxylation is 1. The summed E-state index contributed by atoms with van der Waals surface area (Å²) in [7, 11) is 1.58.